The molecule has 1 aromatic heterocycles. The maximum atomic E-state index is 12.1. The number of carbonyl (C=O) groups is 2. The van der Waals surface area contributed by atoms with Gasteiger partial charge in [-0.25, -0.2) is 0 Å². The number of aromatic nitrogens is 3. The third-order valence-corrected chi connectivity index (χ3v) is 5.57. The smallest absolute Gasteiger partial charge is 0.230 e. The van der Waals surface area contributed by atoms with Gasteiger partial charge in [0.25, 0.3) is 0 Å². The Morgan fingerprint density at radius 1 is 1.22 bits per heavy atom. The number of thioether (sulfide) groups is 1. The minimum atomic E-state index is -0.111. The first kappa shape index (κ1) is 18.0. The summed E-state index contributed by atoms with van der Waals surface area (Å²) in [5, 5.41) is 15.2. The maximum absolute atomic E-state index is 12.1. The van der Waals surface area contributed by atoms with Crippen LogP contribution in [-0.4, -0.2) is 38.9 Å². The SMILES string of the molecule is CC(=O)Nc1cccc(-n2c(SCC(=O)NCC3CC3)nnc2C2CC2)c1. The number of nitrogens with zero attached hydrogens (tertiary/aromatic N) is 3. The van der Waals surface area contributed by atoms with E-state index in [1.807, 2.05) is 28.8 Å². The molecular weight excluding hydrogens is 362 g/mol. The number of nitrogens with one attached hydrogen (secondary N) is 2. The summed E-state index contributed by atoms with van der Waals surface area (Å²) in [7, 11) is 0. The lowest BCUT2D eigenvalue weighted by molar-refractivity contribution is -0.118. The molecule has 2 amide bonds. The quantitative estimate of drug-likeness (QED) is 0.682. The van der Waals surface area contributed by atoms with Crippen LogP contribution in [0.2, 0.25) is 0 Å². The summed E-state index contributed by atoms with van der Waals surface area (Å²) < 4.78 is 2.02. The van der Waals surface area contributed by atoms with Gasteiger partial charge in [-0.05, 0) is 49.8 Å². The van der Waals surface area contributed by atoms with Crippen molar-refractivity contribution in [1.82, 2.24) is 20.1 Å². The normalized spacial score (nSPS) is 16.2. The van der Waals surface area contributed by atoms with Crippen molar-refractivity contribution in [2.45, 2.75) is 43.7 Å². The summed E-state index contributed by atoms with van der Waals surface area (Å²) in [5.74, 6) is 2.25. The third kappa shape index (κ3) is 4.68. The standard InChI is InChI=1S/C19H23N5O2S/c1-12(25)21-15-3-2-4-16(9-15)24-18(14-7-8-14)22-23-19(24)27-11-17(26)20-10-13-5-6-13/h2-4,9,13-14H,5-8,10-11H2,1H3,(H,20,26)(H,21,25). The minimum Gasteiger partial charge on any atom is -0.355 e. The molecule has 4 rings (SSSR count). The lowest BCUT2D eigenvalue weighted by atomic mass is 10.2. The van der Waals surface area contributed by atoms with Crippen LogP contribution in [0, 0.1) is 5.92 Å². The van der Waals surface area contributed by atoms with Crippen LogP contribution in [0.5, 0.6) is 0 Å². The summed E-state index contributed by atoms with van der Waals surface area (Å²) in [6.07, 6.45) is 4.65. The van der Waals surface area contributed by atoms with Gasteiger partial charge in [-0.3, -0.25) is 14.2 Å². The topological polar surface area (TPSA) is 88.9 Å². The fraction of sp³-hybridized carbons (Fsp3) is 0.474. The van der Waals surface area contributed by atoms with Gasteiger partial charge in [-0.15, -0.1) is 10.2 Å². The zero-order valence-electron chi connectivity index (χ0n) is 15.3. The van der Waals surface area contributed by atoms with E-state index < -0.39 is 0 Å². The van der Waals surface area contributed by atoms with Gasteiger partial charge in [0.15, 0.2) is 5.16 Å². The van der Waals surface area contributed by atoms with E-state index in [4.69, 9.17) is 0 Å². The molecule has 2 saturated carbocycles. The van der Waals surface area contributed by atoms with Crippen molar-refractivity contribution in [1.29, 1.82) is 0 Å². The molecular formula is C19H23N5O2S. The molecule has 0 atom stereocenters. The van der Waals surface area contributed by atoms with E-state index in [9.17, 15) is 9.59 Å². The second-order valence-corrected chi connectivity index (χ2v) is 8.16. The van der Waals surface area contributed by atoms with Crippen molar-refractivity contribution in [3.63, 3.8) is 0 Å². The van der Waals surface area contributed by atoms with Crippen molar-refractivity contribution in [3.05, 3.63) is 30.1 Å². The Hall–Kier alpha value is -2.35. The highest BCUT2D eigenvalue weighted by atomic mass is 32.2. The molecule has 142 valence electrons. The highest BCUT2D eigenvalue weighted by molar-refractivity contribution is 7.99. The van der Waals surface area contributed by atoms with Crippen molar-refractivity contribution in [2.75, 3.05) is 17.6 Å². The van der Waals surface area contributed by atoms with Gasteiger partial charge >= 0.3 is 0 Å². The van der Waals surface area contributed by atoms with E-state index in [0.29, 0.717) is 22.7 Å². The number of hydrogen-bond donors (Lipinski definition) is 2. The lowest BCUT2D eigenvalue weighted by Gasteiger charge is -2.12. The van der Waals surface area contributed by atoms with E-state index in [-0.39, 0.29) is 11.8 Å². The first-order chi connectivity index (χ1) is 13.1. The van der Waals surface area contributed by atoms with E-state index in [1.165, 1.54) is 31.5 Å². The number of anilines is 1. The molecule has 0 bridgehead atoms. The van der Waals surface area contributed by atoms with Gasteiger partial charge in [0.2, 0.25) is 11.8 Å². The van der Waals surface area contributed by atoms with Crippen LogP contribution >= 0.6 is 11.8 Å². The molecule has 0 saturated heterocycles. The summed E-state index contributed by atoms with van der Waals surface area (Å²) in [6, 6.07) is 7.63. The average molecular weight is 385 g/mol. The number of hydrogen-bond acceptors (Lipinski definition) is 5. The van der Waals surface area contributed by atoms with Crippen LogP contribution in [0.3, 0.4) is 0 Å². The van der Waals surface area contributed by atoms with Gasteiger partial charge in [-0.1, -0.05) is 17.8 Å². The zero-order valence-corrected chi connectivity index (χ0v) is 16.1. The molecule has 2 N–H and O–H groups in total. The molecule has 0 unspecified atom stereocenters. The molecule has 7 nitrogen and oxygen atoms in total. The molecule has 2 aromatic rings. The van der Waals surface area contributed by atoms with E-state index >= 15 is 0 Å². The summed E-state index contributed by atoms with van der Waals surface area (Å²) in [4.78, 5) is 23.5. The van der Waals surface area contributed by atoms with Gasteiger partial charge in [-0.2, -0.15) is 0 Å². The predicted octanol–water partition coefficient (Wildman–Crippen LogP) is 2.72. The predicted molar refractivity (Wildman–Crippen MR) is 104 cm³/mol. The monoisotopic (exact) mass is 385 g/mol. The third-order valence-electron chi connectivity index (χ3n) is 4.64. The molecule has 2 aliphatic rings. The Balaban J connectivity index is 1.52. The maximum Gasteiger partial charge on any atom is 0.230 e. The van der Waals surface area contributed by atoms with Crippen LogP contribution in [-0.2, 0) is 9.59 Å². The van der Waals surface area contributed by atoms with Gasteiger partial charge in [0, 0.05) is 25.1 Å². The van der Waals surface area contributed by atoms with Gasteiger partial charge < -0.3 is 10.6 Å². The summed E-state index contributed by atoms with van der Waals surface area (Å²) in [6.45, 7) is 2.26. The highest BCUT2D eigenvalue weighted by Gasteiger charge is 2.31. The van der Waals surface area contributed by atoms with Crippen LogP contribution in [0.15, 0.2) is 29.4 Å². The fourth-order valence-corrected chi connectivity index (χ4v) is 3.70. The van der Waals surface area contributed by atoms with E-state index in [2.05, 4.69) is 20.8 Å². The van der Waals surface area contributed by atoms with Crippen molar-refractivity contribution in [3.8, 4) is 5.69 Å². The summed E-state index contributed by atoms with van der Waals surface area (Å²) in [5.41, 5.74) is 1.63. The molecule has 0 spiro atoms. The Morgan fingerprint density at radius 3 is 2.74 bits per heavy atom. The van der Waals surface area contributed by atoms with Crippen LogP contribution in [0.25, 0.3) is 5.69 Å². The largest absolute Gasteiger partial charge is 0.355 e. The Labute approximate surface area is 162 Å². The van der Waals surface area contributed by atoms with Crippen molar-refractivity contribution < 1.29 is 9.59 Å². The van der Waals surface area contributed by atoms with Crippen LogP contribution in [0.1, 0.15) is 44.3 Å². The van der Waals surface area contributed by atoms with Crippen LogP contribution < -0.4 is 10.6 Å². The minimum absolute atomic E-state index is 0.0291. The Kier molecular flexibility index (Phi) is 5.15. The van der Waals surface area contributed by atoms with Gasteiger partial charge in [0.1, 0.15) is 5.82 Å². The van der Waals surface area contributed by atoms with Gasteiger partial charge in [0.05, 0.1) is 11.4 Å². The molecule has 2 fully saturated rings. The van der Waals surface area contributed by atoms with E-state index in [1.54, 1.807) is 0 Å². The molecule has 27 heavy (non-hydrogen) atoms. The van der Waals surface area contributed by atoms with Crippen molar-refractivity contribution >= 4 is 29.3 Å². The molecule has 0 radical (unpaired) electrons. The van der Waals surface area contributed by atoms with E-state index in [0.717, 1.165) is 36.6 Å². The molecule has 2 aliphatic carbocycles. The van der Waals surface area contributed by atoms with Crippen LogP contribution in [0.4, 0.5) is 5.69 Å². The molecule has 8 heteroatoms. The van der Waals surface area contributed by atoms with Crippen molar-refractivity contribution in [2.24, 2.45) is 5.92 Å². The molecule has 1 aromatic carbocycles. The Bertz CT molecular complexity index is 858. The molecule has 0 aliphatic heterocycles. The number of carbonyl (C=O) groups excluding carboxylic acids is 2. The zero-order chi connectivity index (χ0) is 18.8. The second kappa shape index (κ2) is 7.72. The number of rotatable bonds is 8. The first-order valence-electron chi connectivity index (χ1n) is 9.33. The first-order valence-corrected chi connectivity index (χ1v) is 10.3. The lowest BCUT2D eigenvalue weighted by Crippen LogP contribution is -2.27. The number of amides is 2. The Morgan fingerprint density at radius 2 is 2.04 bits per heavy atom. The highest BCUT2D eigenvalue weighted by Crippen LogP contribution is 2.41. The summed E-state index contributed by atoms with van der Waals surface area (Å²) >= 11 is 1.40. The molecule has 1 heterocycles. The fourth-order valence-electron chi connectivity index (χ4n) is 2.91. The average Bonchev–Trinajstić information content (AvgIpc) is 3.56. The second-order valence-electron chi connectivity index (χ2n) is 7.22. The number of benzene rings is 1.